The number of nitrogens with zero attached hydrogens (tertiary/aromatic N) is 2. The first-order chi connectivity index (χ1) is 7.18. The summed E-state index contributed by atoms with van der Waals surface area (Å²) in [6.45, 7) is 3.40. The van der Waals surface area contributed by atoms with Gasteiger partial charge in [0.15, 0.2) is 0 Å². The molecule has 2 heterocycles. The average molecular weight is 246 g/mol. The highest BCUT2D eigenvalue weighted by atomic mass is 35.5. The van der Waals surface area contributed by atoms with Gasteiger partial charge in [0.05, 0.1) is 11.4 Å². The predicted octanol–water partition coefficient (Wildman–Crippen LogP) is 1.84. The lowest BCUT2D eigenvalue weighted by molar-refractivity contribution is 0.115. The van der Waals surface area contributed by atoms with E-state index in [0.29, 0.717) is 19.3 Å². The monoisotopic (exact) mass is 245 g/mol. The Labute approximate surface area is 101 Å². The van der Waals surface area contributed by atoms with Crippen molar-refractivity contribution in [3.05, 3.63) is 23.8 Å². The molecule has 0 amide bonds. The fraction of sp³-hybridized carbons (Fsp3) is 0.636. The van der Waals surface area contributed by atoms with E-state index in [4.69, 9.17) is 0 Å². The number of aryl methyl sites for hydroxylation is 1. The Morgan fingerprint density at radius 1 is 1.31 bits per heavy atom. The zero-order valence-electron chi connectivity index (χ0n) is 9.37. The summed E-state index contributed by atoms with van der Waals surface area (Å²) in [4.78, 5) is 8.33. The molecule has 2 rings (SSSR count). The maximum absolute atomic E-state index is 14.3. The van der Waals surface area contributed by atoms with Crippen LogP contribution in [-0.2, 0) is 6.42 Å². The molecule has 1 saturated heterocycles. The molecule has 1 aromatic rings. The largest absolute Gasteiger partial charge is 0.316 e. The van der Waals surface area contributed by atoms with Crippen LogP contribution in [0, 0.1) is 6.92 Å². The highest BCUT2D eigenvalue weighted by Gasteiger charge is 2.32. The number of hydrogen-bond donors (Lipinski definition) is 1. The number of aromatic nitrogens is 2. The van der Waals surface area contributed by atoms with E-state index in [0.717, 1.165) is 24.5 Å². The third kappa shape index (κ3) is 3.39. The van der Waals surface area contributed by atoms with Gasteiger partial charge in [-0.05, 0) is 32.9 Å². The summed E-state index contributed by atoms with van der Waals surface area (Å²) in [5.74, 6) is 0. The second-order valence-corrected chi connectivity index (χ2v) is 4.23. The minimum atomic E-state index is -1.09. The molecular weight excluding hydrogens is 229 g/mol. The van der Waals surface area contributed by atoms with E-state index in [1.807, 2.05) is 6.92 Å². The van der Waals surface area contributed by atoms with Crippen molar-refractivity contribution in [3.63, 3.8) is 0 Å². The van der Waals surface area contributed by atoms with Gasteiger partial charge in [0.1, 0.15) is 5.67 Å². The highest BCUT2D eigenvalue weighted by molar-refractivity contribution is 5.85. The van der Waals surface area contributed by atoms with E-state index >= 15 is 0 Å². The van der Waals surface area contributed by atoms with Crippen LogP contribution < -0.4 is 5.32 Å². The van der Waals surface area contributed by atoms with Crippen molar-refractivity contribution in [1.29, 1.82) is 0 Å². The third-order valence-electron chi connectivity index (χ3n) is 2.83. The van der Waals surface area contributed by atoms with Gasteiger partial charge in [0.25, 0.3) is 0 Å². The molecule has 16 heavy (non-hydrogen) atoms. The molecule has 90 valence electrons. The fourth-order valence-corrected chi connectivity index (χ4v) is 1.89. The number of rotatable bonds is 2. The lowest BCUT2D eigenvalue weighted by Gasteiger charge is -2.29. The molecule has 1 N–H and O–H groups in total. The fourth-order valence-electron chi connectivity index (χ4n) is 1.89. The van der Waals surface area contributed by atoms with Crippen molar-refractivity contribution in [3.8, 4) is 0 Å². The quantitative estimate of drug-likeness (QED) is 0.864. The van der Waals surface area contributed by atoms with Gasteiger partial charge >= 0.3 is 0 Å². The zero-order chi connectivity index (χ0) is 10.7. The predicted molar refractivity (Wildman–Crippen MR) is 63.7 cm³/mol. The van der Waals surface area contributed by atoms with Gasteiger partial charge < -0.3 is 5.32 Å². The van der Waals surface area contributed by atoms with Crippen LogP contribution in [0.15, 0.2) is 12.4 Å². The molecule has 1 aliphatic heterocycles. The first kappa shape index (κ1) is 13.3. The van der Waals surface area contributed by atoms with Crippen molar-refractivity contribution >= 4 is 12.4 Å². The number of nitrogens with one attached hydrogen (secondary N) is 1. The highest BCUT2D eigenvalue weighted by Crippen LogP contribution is 2.26. The summed E-state index contributed by atoms with van der Waals surface area (Å²) < 4.78 is 14.3. The average Bonchev–Trinajstić information content (AvgIpc) is 2.22. The molecule has 0 bridgehead atoms. The molecule has 1 aromatic heterocycles. The lowest BCUT2D eigenvalue weighted by atomic mass is 9.90. The molecule has 1 fully saturated rings. The molecule has 1 aliphatic rings. The van der Waals surface area contributed by atoms with Crippen molar-refractivity contribution in [1.82, 2.24) is 15.3 Å². The molecule has 0 spiro atoms. The van der Waals surface area contributed by atoms with Crippen molar-refractivity contribution in [2.75, 3.05) is 13.1 Å². The maximum Gasteiger partial charge on any atom is 0.119 e. The smallest absolute Gasteiger partial charge is 0.119 e. The Bertz CT molecular complexity index is 323. The van der Waals surface area contributed by atoms with Gasteiger partial charge in [-0.1, -0.05) is 0 Å². The number of halogens is 2. The topological polar surface area (TPSA) is 37.8 Å². The van der Waals surface area contributed by atoms with Gasteiger partial charge in [-0.2, -0.15) is 0 Å². The number of alkyl halides is 1. The van der Waals surface area contributed by atoms with Crippen LogP contribution in [0.5, 0.6) is 0 Å². The standard InChI is InChI=1S/C11H16FN3.ClH/c1-9-7-15-10(8-14-9)6-11(12)2-4-13-5-3-11;/h7-8,13H,2-6H2,1H3;1H. The van der Waals surface area contributed by atoms with Crippen molar-refractivity contribution in [2.24, 2.45) is 0 Å². The molecule has 3 nitrogen and oxygen atoms in total. The molecule has 0 saturated carbocycles. The Morgan fingerprint density at radius 3 is 2.56 bits per heavy atom. The first-order valence-electron chi connectivity index (χ1n) is 5.35. The lowest BCUT2D eigenvalue weighted by Crippen LogP contribution is -2.40. The molecule has 5 heteroatoms. The van der Waals surface area contributed by atoms with E-state index in [9.17, 15) is 4.39 Å². The Hall–Kier alpha value is -0.740. The van der Waals surface area contributed by atoms with Crippen LogP contribution in [0.25, 0.3) is 0 Å². The van der Waals surface area contributed by atoms with E-state index in [1.165, 1.54) is 0 Å². The van der Waals surface area contributed by atoms with Gasteiger partial charge in [-0.15, -0.1) is 12.4 Å². The molecule has 0 aliphatic carbocycles. The summed E-state index contributed by atoms with van der Waals surface area (Å²) in [7, 11) is 0. The summed E-state index contributed by atoms with van der Waals surface area (Å²) in [5, 5.41) is 3.16. The van der Waals surface area contributed by atoms with Gasteiger partial charge in [0, 0.05) is 18.8 Å². The molecule has 0 radical (unpaired) electrons. The third-order valence-corrected chi connectivity index (χ3v) is 2.83. The first-order valence-corrected chi connectivity index (χ1v) is 5.35. The van der Waals surface area contributed by atoms with Crippen LogP contribution in [-0.4, -0.2) is 28.7 Å². The van der Waals surface area contributed by atoms with E-state index in [-0.39, 0.29) is 12.4 Å². The van der Waals surface area contributed by atoms with Crippen molar-refractivity contribution in [2.45, 2.75) is 31.9 Å². The SMILES string of the molecule is Cc1cnc(CC2(F)CCNCC2)cn1.Cl. The van der Waals surface area contributed by atoms with Crippen LogP contribution in [0.2, 0.25) is 0 Å². The van der Waals surface area contributed by atoms with Crippen LogP contribution in [0.1, 0.15) is 24.2 Å². The Balaban J connectivity index is 0.00000128. The number of hydrogen-bond acceptors (Lipinski definition) is 3. The Morgan fingerprint density at radius 2 is 2.00 bits per heavy atom. The van der Waals surface area contributed by atoms with Crippen molar-refractivity contribution < 1.29 is 4.39 Å². The second kappa shape index (κ2) is 5.55. The van der Waals surface area contributed by atoms with Gasteiger partial charge in [-0.25, -0.2) is 4.39 Å². The zero-order valence-corrected chi connectivity index (χ0v) is 10.2. The normalized spacial score (nSPS) is 18.9. The summed E-state index contributed by atoms with van der Waals surface area (Å²) >= 11 is 0. The summed E-state index contributed by atoms with van der Waals surface area (Å²) in [6.07, 6.45) is 4.91. The molecular formula is C11H17ClFN3. The minimum Gasteiger partial charge on any atom is -0.316 e. The van der Waals surface area contributed by atoms with Gasteiger partial charge in [-0.3, -0.25) is 9.97 Å². The van der Waals surface area contributed by atoms with E-state index < -0.39 is 5.67 Å². The summed E-state index contributed by atoms with van der Waals surface area (Å²) in [5.41, 5.74) is 0.539. The minimum absolute atomic E-state index is 0. The van der Waals surface area contributed by atoms with Crippen LogP contribution >= 0.6 is 12.4 Å². The van der Waals surface area contributed by atoms with E-state index in [2.05, 4.69) is 15.3 Å². The van der Waals surface area contributed by atoms with Gasteiger partial charge in [0.2, 0.25) is 0 Å². The maximum atomic E-state index is 14.3. The molecule has 0 aromatic carbocycles. The second-order valence-electron chi connectivity index (χ2n) is 4.23. The van der Waals surface area contributed by atoms with Crippen LogP contribution in [0.4, 0.5) is 4.39 Å². The summed E-state index contributed by atoms with van der Waals surface area (Å²) in [6, 6.07) is 0. The molecule has 0 atom stereocenters. The van der Waals surface area contributed by atoms with E-state index in [1.54, 1.807) is 12.4 Å². The molecule has 0 unspecified atom stereocenters. The number of piperidine rings is 1. The van der Waals surface area contributed by atoms with Crippen LogP contribution in [0.3, 0.4) is 0 Å². The Kier molecular flexibility index (Phi) is 4.62.